The molecule has 0 aliphatic carbocycles. The summed E-state index contributed by atoms with van der Waals surface area (Å²) >= 11 is 6.08. The smallest absolute Gasteiger partial charge is 0.325 e. The van der Waals surface area contributed by atoms with Crippen LogP contribution in [0.15, 0.2) is 12.1 Å². The van der Waals surface area contributed by atoms with E-state index < -0.39 is 0 Å². The fourth-order valence-corrected chi connectivity index (χ4v) is 1.93. The monoisotopic (exact) mass is 267 g/mol. The number of halogens is 1. The highest BCUT2D eigenvalue weighted by Gasteiger charge is 2.18. The molecule has 0 radical (unpaired) electrons. The van der Waals surface area contributed by atoms with Gasteiger partial charge in [-0.3, -0.25) is 4.79 Å². The Hall–Kier alpha value is -1.62. The first-order chi connectivity index (χ1) is 8.52. The van der Waals surface area contributed by atoms with Crippen LogP contribution >= 0.6 is 11.6 Å². The molecule has 0 saturated heterocycles. The van der Waals surface area contributed by atoms with Gasteiger partial charge in [-0.05, 0) is 26.0 Å². The number of hydrogen-bond donors (Lipinski definition) is 0. The summed E-state index contributed by atoms with van der Waals surface area (Å²) in [6.45, 7) is 3.76. The van der Waals surface area contributed by atoms with Gasteiger partial charge in [0.05, 0.1) is 12.5 Å². The first kappa shape index (κ1) is 12.8. The van der Waals surface area contributed by atoms with Crippen LogP contribution in [0.3, 0.4) is 0 Å². The lowest BCUT2D eigenvalue weighted by Crippen LogP contribution is -2.15. The number of alkyl halides is 1. The zero-order chi connectivity index (χ0) is 13.3. The molecule has 1 unspecified atom stereocenters. The van der Waals surface area contributed by atoms with E-state index in [-0.39, 0.29) is 17.9 Å². The summed E-state index contributed by atoms with van der Waals surface area (Å²) in [7, 11) is 1.35. The maximum Gasteiger partial charge on any atom is 0.325 e. The van der Waals surface area contributed by atoms with E-state index in [1.807, 2.05) is 26.0 Å². The zero-order valence-corrected chi connectivity index (χ0v) is 11.2. The normalized spacial score (nSPS) is 12.7. The van der Waals surface area contributed by atoms with Crippen molar-refractivity contribution in [2.45, 2.75) is 25.8 Å². The molecule has 6 heteroatoms. The van der Waals surface area contributed by atoms with Crippen LogP contribution in [0.1, 0.15) is 23.8 Å². The molecule has 1 atom stereocenters. The van der Waals surface area contributed by atoms with Crippen molar-refractivity contribution < 1.29 is 9.53 Å². The van der Waals surface area contributed by atoms with Gasteiger partial charge in [0.1, 0.15) is 17.9 Å². The van der Waals surface area contributed by atoms with Crippen LogP contribution in [0.25, 0.3) is 11.2 Å². The van der Waals surface area contributed by atoms with Crippen molar-refractivity contribution in [3.8, 4) is 0 Å². The molecule has 2 heterocycles. The number of aryl methyl sites for hydroxylation is 1. The fourth-order valence-electron chi connectivity index (χ4n) is 1.77. The van der Waals surface area contributed by atoms with Crippen LogP contribution in [0.5, 0.6) is 0 Å². The number of rotatable bonds is 3. The van der Waals surface area contributed by atoms with Gasteiger partial charge in [-0.15, -0.1) is 11.6 Å². The minimum absolute atomic E-state index is 0.0653. The average molecular weight is 268 g/mol. The summed E-state index contributed by atoms with van der Waals surface area (Å²) in [5, 5.41) is -0.302. The van der Waals surface area contributed by atoms with E-state index in [9.17, 15) is 4.79 Å². The third kappa shape index (κ3) is 2.31. The van der Waals surface area contributed by atoms with E-state index in [1.165, 1.54) is 7.11 Å². The third-order valence-corrected chi connectivity index (χ3v) is 2.83. The Morgan fingerprint density at radius 2 is 2.22 bits per heavy atom. The van der Waals surface area contributed by atoms with Crippen LogP contribution < -0.4 is 0 Å². The Labute approximate surface area is 110 Å². The molecular formula is C12H14ClN3O2. The van der Waals surface area contributed by atoms with Crippen LogP contribution in [0, 0.1) is 6.92 Å². The standard InChI is InChI=1S/C12H14ClN3O2/c1-7-4-5-9-12(14-7)16(6-10(17)18-3)11(15-9)8(2)13/h4-5,8H,6H2,1-3H3. The number of fused-ring (bicyclic) bond motifs is 1. The van der Waals surface area contributed by atoms with Crippen LogP contribution in [0.4, 0.5) is 0 Å². The number of carbonyl (C=O) groups excluding carboxylic acids is 1. The van der Waals surface area contributed by atoms with E-state index in [1.54, 1.807) is 4.57 Å². The van der Waals surface area contributed by atoms with Crippen molar-refractivity contribution >= 4 is 28.7 Å². The lowest BCUT2D eigenvalue weighted by atomic mass is 10.3. The number of imidazole rings is 1. The average Bonchev–Trinajstić information content (AvgIpc) is 2.67. The second kappa shape index (κ2) is 4.94. The summed E-state index contributed by atoms with van der Waals surface area (Å²) in [4.78, 5) is 20.2. The Morgan fingerprint density at radius 3 is 2.83 bits per heavy atom. The van der Waals surface area contributed by atoms with E-state index in [2.05, 4.69) is 14.7 Å². The highest BCUT2D eigenvalue weighted by molar-refractivity contribution is 6.20. The van der Waals surface area contributed by atoms with Crippen molar-refractivity contribution in [2.24, 2.45) is 0 Å². The quantitative estimate of drug-likeness (QED) is 0.632. The van der Waals surface area contributed by atoms with Crippen LogP contribution in [-0.2, 0) is 16.1 Å². The number of ether oxygens (including phenoxy) is 1. The molecule has 2 aromatic heterocycles. The molecule has 2 aromatic rings. The number of carbonyl (C=O) groups is 1. The van der Waals surface area contributed by atoms with Crippen molar-refractivity contribution in [2.75, 3.05) is 7.11 Å². The number of esters is 1. The van der Waals surface area contributed by atoms with Crippen molar-refractivity contribution in [1.82, 2.24) is 14.5 Å². The minimum Gasteiger partial charge on any atom is -0.468 e. The minimum atomic E-state index is -0.351. The van der Waals surface area contributed by atoms with Gasteiger partial charge in [-0.2, -0.15) is 0 Å². The number of methoxy groups -OCH3 is 1. The molecule has 0 amide bonds. The highest BCUT2D eigenvalue weighted by atomic mass is 35.5. The Morgan fingerprint density at radius 1 is 1.50 bits per heavy atom. The number of nitrogens with zero attached hydrogens (tertiary/aromatic N) is 3. The number of pyridine rings is 1. The lowest BCUT2D eigenvalue weighted by molar-refractivity contribution is -0.141. The molecule has 5 nitrogen and oxygen atoms in total. The molecule has 0 spiro atoms. The summed E-state index contributed by atoms with van der Waals surface area (Å²) in [5.74, 6) is 0.270. The molecule has 18 heavy (non-hydrogen) atoms. The van der Waals surface area contributed by atoms with E-state index in [0.717, 1.165) is 11.2 Å². The molecular weight excluding hydrogens is 254 g/mol. The second-order valence-corrected chi connectivity index (χ2v) is 4.70. The molecule has 0 saturated carbocycles. The maximum atomic E-state index is 11.4. The van der Waals surface area contributed by atoms with Gasteiger partial charge in [0, 0.05) is 5.69 Å². The van der Waals surface area contributed by atoms with Gasteiger partial charge < -0.3 is 9.30 Å². The maximum absolute atomic E-state index is 11.4. The predicted octanol–water partition coefficient (Wildman–Crippen LogP) is 2.21. The Kier molecular flexibility index (Phi) is 3.52. The molecule has 0 N–H and O–H groups in total. The summed E-state index contributed by atoms with van der Waals surface area (Å²) < 4.78 is 6.38. The van der Waals surface area contributed by atoms with Crippen molar-refractivity contribution in [3.05, 3.63) is 23.7 Å². The predicted molar refractivity (Wildman–Crippen MR) is 68.5 cm³/mol. The molecule has 0 aromatic carbocycles. The molecule has 2 rings (SSSR count). The lowest BCUT2D eigenvalue weighted by Gasteiger charge is -2.08. The number of aromatic nitrogens is 3. The number of hydrogen-bond acceptors (Lipinski definition) is 4. The van der Waals surface area contributed by atoms with Crippen molar-refractivity contribution in [3.63, 3.8) is 0 Å². The van der Waals surface area contributed by atoms with Gasteiger partial charge in [-0.25, -0.2) is 9.97 Å². The first-order valence-electron chi connectivity index (χ1n) is 5.57. The van der Waals surface area contributed by atoms with Gasteiger partial charge in [0.2, 0.25) is 0 Å². The summed E-state index contributed by atoms with van der Waals surface area (Å²) in [6, 6.07) is 3.74. The molecule has 0 fully saturated rings. The summed E-state index contributed by atoms with van der Waals surface area (Å²) in [6.07, 6.45) is 0. The van der Waals surface area contributed by atoms with E-state index in [0.29, 0.717) is 11.5 Å². The SMILES string of the molecule is COC(=O)Cn1c(C(C)Cl)nc2ccc(C)nc21. The van der Waals surface area contributed by atoms with Crippen LogP contribution in [-0.4, -0.2) is 27.6 Å². The van der Waals surface area contributed by atoms with Crippen molar-refractivity contribution in [1.29, 1.82) is 0 Å². The summed E-state index contributed by atoms with van der Waals surface area (Å²) in [5.41, 5.74) is 2.25. The fraction of sp³-hybridized carbons (Fsp3) is 0.417. The molecule has 0 aliphatic rings. The third-order valence-electron chi connectivity index (χ3n) is 2.63. The molecule has 0 aliphatic heterocycles. The van der Waals surface area contributed by atoms with Crippen LogP contribution in [0.2, 0.25) is 0 Å². The molecule has 0 bridgehead atoms. The Bertz CT molecular complexity index is 592. The largest absolute Gasteiger partial charge is 0.468 e. The van der Waals surface area contributed by atoms with Gasteiger partial charge in [0.15, 0.2) is 5.65 Å². The van der Waals surface area contributed by atoms with E-state index >= 15 is 0 Å². The second-order valence-electron chi connectivity index (χ2n) is 4.04. The van der Waals surface area contributed by atoms with Gasteiger partial charge in [0.25, 0.3) is 0 Å². The Balaban J connectivity index is 2.60. The highest BCUT2D eigenvalue weighted by Crippen LogP contribution is 2.23. The van der Waals surface area contributed by atoms with Gasteiger partial charge >= 0.3 is 5.97 Å². The first-order valence-corrected chi connectivity index (χ1v) is 6.01. The van der Waals surface area contributed by atoms with Gasteiger partial charge in [-0.1, -0.05) is 0 Å². The topological polar surface area (TPSA) is 57.0 Å². The van der Waals surface area contributed by atoms with E-state index in [4.69, 9.17) is 11.6 Å². The zero-order valence-electron chi connectivity index (χ0n) is 10.5. The molecule has 96 valence electrons.